The summed E-state index contributed by atoms with van der Waals surface area (Å²) in [5.41, 5.74) is 4.60. The molecule has 0 aliphatic carbocycles. The van der Waals surface area contributed by atoms with Gasteiger partial charge in [-0.15, -0.1) is 0 Å². The highest BCUT2D eigenvalue weighted by atomic mass is 79.9. The number of hydrogen-bond donors (Lipinski definition) is 2. The quantitative estimate of drug-likeness (QED) is 0.263. The van der Waals surface area contributed by atoms with E-state index in [0.717, 1.165) is 10.0 Å². The van der Waals surface area contributed by atoms with E-state index in [0.29, 0.717) is 23.6 Å². The maximum atomic E-state index is 12.4. The summed E-state index contributed by atoms with van der Waals surface area (Å²) in [4.78, 5) is 12.4. The number of benzene rings is 3. The van der Waals surface area contributed by atoms with Crippen molar-refractivity contribution in [2.24, 2.45) is 0 Å². The van der Waals surface area contributed by atoms with Crippen molar-refractivity contribution in [2.45, 2.75) is 20.5 Å². The molecule has 0 aliphatic heterocycles. The molecule has 31 heavy (non-hydrogen) atoms. The summed E-state index contributed by atoms with van der Waals surface area (Å²) in [6.45, 7) is 4.55. The molecule has 0 unspecified atom stereocenters. The number of amides is 1. The molecule has 0 fully saturated rings. The summed E-state index contributed by atoms with van der Waals surface area (Å²) in [6.07, 6.45) is 1.51. The third kappa shape index (κ3) is 6.21. The minimum Gasteiger partial charge on any atom is -0.508 e. The van der Waals surface area contributed by atoms with E-state index >= 15 is 0 Å². The van der Waals surface area contributed by atoms with Crippen LogP contribution in [0.25, 0.3) is 6.08 Å². The van der Waals surface area contributed by atoms with Gasteiger partial charge in [0, 0.05) is 5.69 Å². The van der Waals surface area contributed by atoms with Crippen molar-refractivity contribution < 1.29 is 14.6 Å². The Morgan fingerprint density at radius 3 is 2.39 bits per heavy atom. The minimum atomic E-state index is -0.528. The van der Waals surface area contributed by atoms with Crippen LogP contribution in [0.5, 0.6) is 11.5 Å². The molecule has 0 heterocycles. The van der Waals surface area contributed by atoms with Crippen molar-refractivity contribution >= 4 is 33.6 Å². The van der Waals surface area contributed by atoms with Gasteiger partial charge in [0.15, 0.2) is 0 Å². The number of nitrogens with one attached hydrogen (secondary N) is 1. The molecule has 0 atom stereocenters. The zero-order chi connectivity index (χ0) is 22.4. The highest BCUT2D eigenvalue weighted by molar-refractivity contribution is 9.10. The second-order valence-electron chi connectivity index (χ2n) is 7.15. The van der Waals surface area contributed by atoms with Gasteiger partial charge in [-0.25, -0.2) is 0 Å². The van der Waals surface area contributed by atoms with Gasteiger partial charge in [0.05, 0.1) is 4.47 Å². The van der Waals surface area contributed by atoms with E-state index < -0.39 is 5.91 Å². The number of ether oxygens (including phenoxy) is 1. The van der Waals surface area contributed by atoms with Crippen LogP contribution in [0.15, 0.2) is 70.7 Å². The Bertz CT molecular complexity index is 1160. The Morgan fingerprint density at radius 2 is 1.77 bits per heavy atom. The number of carbonyl (C=O) groups excluding carboxylic acids is 1. The number of aromatic hydroxyl groups is 1. The fourth-order valence-electron chi connectivity index (χ4n) is 3.10. The predicted octanol–water partition coefficient (Wildman–Crippen LogP) is 5.90. The number of halogens is 1. The molecule has 0 saturated carbocycles. The SMILES string of the molecule is Cc1cc(C)cc(COc2ccc(/C=C(\C#N)C(=O)Nc3ccc(O)cc3)cc2Br)c1. The third-order valence-electron chi connectivity index (χ3n) is 4.43. The molecule has 3 rings (SSSR count). The van der Waals surface area contributed by atoms with Crippen molar-refractivity contribution in [3.05, 3.63) is 93.0 Å². The van der Waals surface area contributed by atoms with E-state index in [1.165, 1.54) is 29.3 Å². The van der Waals surface area contributed by atoms with Crippen molar-refractivity contribution in [2.75, 3.05) is 5.32 Å². The topological polar surface area (TPSA) is 82.3 Å². The average Bonchev–Trinajstić information content (AvgIpc) is 2.72. The normalized spacial score (nSPS) is 11.0. The molecule has 1 amide bonds. The Morgan fingerprint density at radius 1 is 1.10 bits per heavy atom. The zero-order valence-electron chi connectivity index (χ0n) is 17.1. The molecular weight excluding hydrogens is 456 g/mol. The second-order valence-corrected chi connectivity index (χ2v) is 8.00. The van der Waals surface area contributed by atoms with Crippen molar-refractivity contribution in [3.63, 3.8) is 0 Å². The number of hydrogen-bond acceptors (Lipinski definition) is 4. The van der Waals surface area contributed by atoms with Crippen LogP contribution in [0, 0.1) is 25.2 Å². The lowest BCUT2D eigenvalue weighted by molar-refractivity contribution is -0.112. The first-order chi connectivity index (χ1) is 14.8. The molecule has 0 bridgehead atoms. The van der Waals surface area contributed by atoms with Crippen LogP contribution in [0.1, 0.15) is 22.3 Å². The first kappa shape index (κ1) is 22.1. The minimum absolute atomic E-state index is 0.0381. The van der Waals surface area contributed by atoms with Crippen LogP contribution in [0.4, 0.5) is 5.69 Å². The van der Waals surface area contributed by atoms with Gasteiger partial charge in [0.2, 0.25) is 0 Å². The van der Waals surface area contributed by atoms with Crippen LogP contribution < -0.4 is 10.1 Å². The number of phenolic OH excluding ortho intramolecular Hbond substituents is 1. The zero-order valence-corrected chi connectivity index (χ0v) is 18.7. The molecule has 0 saturated heterocycles. The van der Waals surface area contributed by atoms with E-state index in [-0.39, 0.29) is 11.3 Å². The molecule has 0 aliphatic rings. The van der Waals surface area contributed by atoms with Crippen LogP contribution in [-0.4, -0.2) is 11.0 Å². The number of aryl methyl sites for hydroxylation is 2. The molecule has 6 heteroatoms. The van der Waals surface area contributed by atoms with E-state index in [2.05, 4.69) is 53.3 Å². The summed E-state index contributed by atoms with van der Waals surface area (Å²) in [7, 11) is 0. The number of carbonyl (C=O) groups is 1. The number of anilines is 1. The molecule has 156 valence electrons. The summed E-state index contributed by atoms with van der Waals surface area (Å²) in [6, 6.07) is 19.6. The summed E-state index contributed by atoms with van der Waals surface area (Å²) >= 11 is 3.50. The average molecular weight is 477 g/mol. The van der Waals surface area contributed by atoms with E-state index in [4.69, 9.17) is 4.74 Å². The summed E-state index contributed by atoms with van der Waals surface area (Å²) in [5, 5.41) is 21.4. The number of nitriles is 1. The molecule has 0 aromatic heterocycles. The summed E-state index contributed by atoms with van der Waals surface area (Å²) in [5.74, 6) is 0.238. The van der Waals surface area contributed by atoms with Crippen molar-refractivity contribution in [1.29, 1.82) is 5.26 Å². The lowest BCUT2D eigenvalue weighted by Crippen LogP contribution is -2.13. The number of phenols is 1. The van der Waals surface area contributed by atoms with E-state index in [1.54, 1.807) is 30.3 Å². The molecule has 2 N–H and O–H groups in total. The first-order valence-corrected chi connectivity index (χ1v) is 10.3. The predicted molar refractivity (Wildman–Crippen MR) is 125 cm³/mol. The van der Waals surface area contributed by atoms with Crippen LogP contribution in [0.2, 0.25) is 0 Å². The number of rotatable bonds is 6. The smallest absolute Gasteiger partial charge is 0.266 e. The van der Waals surface area contributed by atoms with Crippen LogP contribution in [0.3, 0.4) is 0 Å². The first-order valence-electron chi connectivity index (χ1n) is 9.56. The maximum absolute atomic E-state index is 12.4. The van der Waals surface area contributed by atoms with Gasteiger partial charge in [-0.05, 0) is 83.4 Å². The van der Waals surface area contributed by atoms with Gasteiger partial charge in [-0.3, -0.25) is 4.79 Å². The van der Waals surface area contributed by atoms with Gasteiger partial charge in [0.1, 0.15) is 29.7 Å². The maximum Gasteiger partial charge on any atom is 0.266 e. The van der Waals surface area contributed by atoms with E-state index in [1.807, 2.05) is 6.07 Å². The van der Waals surface area contributed by atoms with Crippen molar-refractivity contribution in [1.82, 2.24) is 0 Å². The second kappa shape index (κ2) is 9.96. The lowest BCUT2D eigenvalue weighted by atomic mass is 10.1. The monoisotopic (exact) mass is 476 g/mol. The molecular formula is C25H21BrN2O3. The molecule has 0 radical (unpaired) electrons. The van der Waals surface area contributed by atoms with Gasteiger partial charge in [0.25, 0.3) is 5.91 Å². The van der Waals surface area contributed by atoms with E-state index in [9.17, 15) is 15.2 Å². The fraction of sp³-hybridized carbons (Fsp3) is 0.120. The molecule has 0 spiro atoms. The Labute approximate surface area is 189 Å². The number of nitrogens with zero attached hydrogens (tertiary/aromatic N) is 1. The fourth-order valence-corrected chi connectivity index (χ4v) is 3.61. The van der Waals surface area contributed by atoms with Crippen LogP contribution in [-0.2, 0) is 11.4 Å². The summed E-state index contributed by atoms with van der Waals surface area (Å²) < 4.78 is 6.65. The highest BCUT2D eigenvalue weighted by Crippen LogP contribution is 2.28. The molecule has 3 aromatic rings. The molecule has 5 nitrogen and oxygen atoms in total. The lowest BCUT2D eigenvalue weighted by Gasteiger charge is -2.10. The van der Waals surface area contributed by atoms with Gasteiger partial charge >= 0.3 is 0 Å². The van der Waals surface area contributed by atoms with Gasteiger partial charge in [-0.2, -0.15) is 5.26 Å². The van der Waals surface area contributed by atoms with Crippen molar-refractivity contribution in [3.8, 4) is 17.6 Å². The Hall–Kier alpha value is -3.56. The standard InChI is InChI=1S/C25H21BrN2O3/c1-16-9-17(2)11-19(10-16)15-31-24-8-3-18(13-23(24)26)12-20(14-27)25(30)28-21-4-6-22(29)7-5-21/h3-13,29H,15H2,1-2H3,(H,28,30)/b20-12+. The largest absolute Gasteiger partial charge is 0.508 e. The Balaban J connectivity index is 1.71. The molecule has 3 aromatic carbocycles. The third-order valence-corrected chi connectivity index (χ3v) is 5.05. The van der Waals surface area contributed by atoms with Gasteiger partial charge < -0.3 is 15.2 Å². The Kier molecular flexibility index (Phi) is 7.11. The van der Waals surface area contributed by atoms with Crippen LogP contribution >= 0.6 is 15.9 Å². The van der Waals surface area contributed by atoms with Gasteiger partial charge in [-0.1, -0.05) is 35.4 Å². The highest BCUT2D eigenvalue weighted by Gasteiger charge is 2.11.